The van der Waals surface area contributed by atoms with Crippen LogP contribution >= 0.6 is 22.9 Å². The van der Waals surface area contributed by atoms with Gasteiger partial charge in [0, 0.05) is 6.54 Å². The molecule has 0 radical (unpaired) electrons. The maximum atomic E-state index is 13.2. The zero-order valence-corrected chi connectivity index (χ0v) is 10.5. The second kappa shape index (κ2) is 4.85. The van der Waals surface area contributed by atoms with Crippen LogP contribution < -0.4 is 10.6 Å². The molecule has 0 aliphatic heterocycles. The van der Waals surface area contributed by atoms with Crippen LogP contribution in [0, 0.1) is 5.82 Å². The first-order chi connectivity index (χ1) is 8.11. The highest BCUT2D eigenvalue weighted by molar-refractivity contribution is 7.23. The van der Waals surface area contributed by atoms with E-state index in [0.717, 1.165) is 11.3 Å². The van der Waals surface area contributed by atoms with Crippen molar-refractivity contribution in [3.8, 4) is 0 Å². The minimum absolute atomic E-state index is 0.0314. The van der Waals surface area contributed by atoms with Gasteiger partial charge in [0.2, 0.25) is 0 Å². The molecule has 2 N–H and O–H groups in total. The zero-order chi connectivity index (χ0) is 12.4. The fraction of sp³-hybridized carbons (Fsp3) is 0.200. The quantitative estimate of drug-likeness (QED) is 0.883. The summed E-state index contributed by atoms with van der Waals surface area (Å²) < 4.78 is 13.7. The third-order valence-electron chi connectivity index (χ3n) is 2.01. The van der Waals surface area contributed by atoms with Gasteiger partial charge in [0.05, 0.1) is 15.2 Å². The van der Waals surface area contributed by atoms with E-state index in [1.807, 2.05) is 6.92 Å². The predicted octanol–water partition coefficient (Wildman–Crippen LogP) is 3.23. The Balaban J connectivity index is 2.32. The summed E-state index contributed by atoms with van der Waals surface area (Å²) in [5.74, 6) is -0.493. The second-order valence-corrected chi connectivity index (χ2v) is 4.59. The van der Waals surface area contributed by atoms with Crippen LogP contribution in [0.2, 0.25) is 5.02 Å². The highest BCUT2D eigenvalue weighted by Crippen LogP contribution is 2.33. The lowest BCUT2D eigenvalue weighted by Gasteiger charge is -2.00. The molecule has 17 heavy (non-hydrogen) atoms. The van der Waals surface area contributed by atoms with Crippen LogP contribution in [0.15, 0.2) is 12.1 Å². The zero-order valence-electron chi connectivity index (χ0n) is 8.88. The molecule has 0 saturated carbocycles. The summed E-state index contributed by atoms with van der Waals surface area (Å²) in [6, 6.07) is 2.43. The maximum absolute atomic E-state index is 13.2. The first-order valence-corrected chi connectivity index (χ1v) is 6.10. The van der Waals surface area contributed by atoms with Gasteiger partial charge >= 0.3 is 6.03 Å². The van der Waals surface area contributed by atoms with Crippen LogP contribution in [-0.4, -0.2) is 17.6 Å². The van der Waals surface area contributed by atoms with E-state index >= 15 is 0 Å². The first-order valence-electron chi connectivity index (χ1n) is 4.91. The Hall–Kier alpha value is -1.40. The summed E-state index contributed by atoms with van der Waals surface area (Å²) in [6.45, 7) is 2.33. The van der Waals surface area contributed by atoms with E-state index in [2.05, 4.69) is 15.6 Å². The number of rotatable bonds is 2. The molecule has 0 saturated heterocycles. The van der Waals surface area contributed by atoms with Crippen LogP contribution in [0.3, 0.4) is 0 Å². The number of anilines is 1. The molecule has 4 nitrogen and oxygen atoms in total. The van der Waals surface area contributed by atoms with Crippen molar-refractivity contribution in [3.63, 3.8) is 0 Å². The van der Waals surface area contributed by atoms with Crippen molar-refractivity contribution in [2.75, 3.05) is 11.9 Å². The lowest BCUT2D eigenvalue weighted by Crippen LogP contribution is -2.28. The van der Waals surface area contributed by atoms with Crippen molar-refractivity contribution in [1.82, 2.24) is 10.3 Å². The van der Waals surface area contributed by atoms with Crippen molar-refractivity contribution in [1.29, 1.82) is 0 Å². The van der Waals surface area contributed by atoms with Gasteiger partial charge in [-0.25, -0.2) is 14.2 Å². The summed E-state index contributed by atoms with van der Waals surface area (Å²) in [6.07, 6.45) is 0. The van der Waals surface area contributed by atoms with Gasteiger partial charge in [-0.2, -0.15) is 0 Å². The number of benzene rings is 1. The molecule has 0 bridgehead atoms. The Bertz CT molecular complexity index is 572. The molecule has 1 heterocycles. The average molecular weight is 274 g/mol. The Morgan fingerprint density at radius 2 is 2.35 bits per heavy atom. The Morgan fingerprint density at radius 3 is 3.06 bits per heavy atom. The van der Waals surface area contributed by atoms with E-state index < -0.39 is 5.82 Å². The van der Waals surface area contributed by atoms with Gasteiger partial charge in [0.25, 0.3) is 0 Å². The number of aromatic nitrogens is 1. The monoisotopic (exact) mass is 273 g/mol. The van der Waals surface area contributed by atoms with E-state index in [4.69, 9.17) is 11.6 Å². The normalized spacial score (nSPS) is 10.5. The number of nitrogens with one attached hydrogen (secondary N) is 2. The topological polar surface area (TPSA) is 54.0 Å². The number of amides is 2. The fourth-order valence-electron chi connectivity index (χ4n) is 1.29. The molecular weight excluding hydrogens is 265 g/mol. The first kappa shape index (κ1) is 12.1. The van der Waals surface area contributed by atoms with Crippen LogP contribution in [0.25, 0.3) is 10.2 Å². The van der Waals surface area contributed by atoms with E-state index in [-0.39, 0.29) is 11.1 Å². The molecule has 7 heteroatoms. The summed E-state index contributed by atoms with van der Waals surface area (Å²) in [7, 11) is 0. The molecule has 0 spiro atoms. The number of thiazole rings is 1. The number of urea groups is 1. The molecule has 2 aromatic rings. The third kappa shape index (κ3) is 2.48. The molecule has 0 unspecified atom stereocenters. The van der Waals surface area contributed by atoms with Gasteiger partial charge in [0.15, 0.2) is 5.13 Å². The average Bonchev–Trinajstić information content (AvgIpc) is 2.67. The van der Waals surface area contributed by atoms with Gasteiger partial charge in [-0.05, 0) is 19.1 Å². The Kier molecular flexibility index (Phi) is 3.44. The summed E-state index contributed by atoms with van der Waals surface area (Å²) in [5, 5.41) is 5.55. The summed E-state index contributed by atoms with van der Waals surface area (Å²) in [4.78, 5) is 15.4. The van der Waals surface area contributed by atoms with E-state index in [1.54, 1.807) is 0 Å². The van der Waals surface area contributed by atoms with E-state index in [1.165, 1.54) is 12.1 Å². The number of hydrogen-bond acceptors (Lipinski definition) is 3. The number of hydrogen-bond donors (Lipinski definition) is 2. The predicted molar refractivity (Wildman–Crippen MR) is 67.3 cm³/mol. The lowest BCUT2D eigenvalue weighted by atomic mass is 10.3. The van der Waals surface area contributed by atoms with Gasteiger partial charge in [-0.1, -0.05) is 22.9 Å². The molecule has 0 atom stereocenters. The minimum atomic E-state index is -0.493. The smallest absolute Gasteiger partial charge is 0.321 e. The molecular formula is C10H9ClFN3OS. The number of fused-ring (bicyclic) bond motifs is 1. The molecule has 2 rings (SSSR count). The molecule has 0 aliphatic rings. The van der Waals surface area contributed by atoms with Crippen LogP contribution in [-0.2, 0) is 0 Å². The number of nitrogens with zero attached hydrogens (tertiary/aromatic N) is 1. The lowest BCUT2D eigenvalue weighted by molar-refractivity contribution is 0.252. The molecule has 1 aromatic carbocycles. The Labute approximate surface area is 106 Å². The van der Waals surface area contributed by atoms with Gasteiger partial charge in [-0.3, -0.25) is 5.32 Å². The van der Waals surface area contributed by atoms with E-state index in [0.29, 0.717) is 21.9 Å². The summed E-state index contributed by atoms with van der Waals surface area (Å²) in [5.41, 5.74) is 0.563. The van der Waals surface area contributed by atoms with Crippen molar-refractivity contribution in [2.24, 2.45) is 0 Å². The number of carbonyl (C=O) groups excluding carboxylic acids is 1. The van der Waals surface area contributed by atoms with E-state index in [9.17, 15) is 9.18 Å². The van der Waals surface area contributed by atoms with Gasteiger partial charge in [-0.15, -0.1) is 0 Å². The van der Waals surface area contributed by atoms with Crippen molar-refractivity contribution < 1.29 is 9.18 Å². The standard InChI is InChI=1S/C10H9ClFN3OS/c1-2-13-9(16)15-10-14-6-4-3-5(12)7(11)8(6)17-10/h3-4H,2H2,1H3,(H2,13,14,15,16). The largest absolute Gasteiger partial charge is 0.338 e. The highest BCUT2D eigenvalue weighted by Gasteiger charge is 2.12. The van der Waals surface area contributed by atoms with Crippen molar-refractivity contribution >= 4 is 44.3 Å². The number of carbonyl (C=O) groups is 1. The van der Waals surface area contributed by atoms with Gasteiger partial charge < -0.3 is 5.32 Å². The van der Waals surface area contributed by atoms with Crippen LogP contribution in [0.1, 0.15) is 6.92 Å². The minimum Gasteiger partial charge on any atom is -0.338 e. The molecule has 0 fully saturated rings. The van der Waals surface area contributed by atoms with Crippen molar-refractivity contribution in [3.05, 3.63) is 23.0 Å². The van der Waals surface area contributed by atoms with Crippen LogP contribution in [0.5, 0.6) is 0 Å². The summed E-state index contributed by atoms with van der Waals surface area (Å²) >= 11 is 6.94. The Morgan fingerprint density at radius 1 is 1.59 bits per heavy atom. The molecule has 1 aromatic heterocycles. The van der Waals surface area contributed by atoms with Gasteiger partial charge in [0.1, 0.15) is 5.82 Å². The highest BCUT2D eigenvalue weighted by atomic mass is 35.5. The second-order valence-electron chi connectivity index (χ2n) is 3.21. The molecule has 2 amide bonds. The number of halogens is 2. The third-order valence-corrected chi connectivity index (χ3v) is 3.49. The molecule has 0 aliphatic carbocycles. The fourth-order valence-corrected chi connectivity index (χ4v) is 2.45. The van der Waals surface area contributed by atoms with Crippen molar-refractivity contribution in [2.45, 2.75) is 6.92 Å². The maximum Gasteiger partial charge on any atom is 0.321 e. The molecule has 90 valence electrons. The SMILES string of the molecule is CCNC(=O)Nc1nc2ccc(F)c(Cl)c2s1. The van der Waals surface area contributed by atoms with Crippen LogP contribution in [0.4, 0.5) is 14.3 Å².